The van der Waals surface area contributed by atoms with E-state index < -0.39 is 12.0 Å². The third-order valence-electron chi connectivity index (χ3n) is 3.10. The summed E-state index contributed by atoms with van der Waals surface area (Å²) in [5.74, 6) is 0.227. The summed E-state index contributed by atoms with van der Waals surface area (Å²) in [6.45, 7) is 5.63. The van der Waals surface area contributed by atoms with E-state index in [1.165, 1.54) is 4.63 Å². The summed E-state index contributed by atoms with van der Waals surface area (Å²) in [7, 11) is 0. The number of hydrogen-bond donors (Lipinski definition) is 2. The van der Waals surface area contributed by atoms with E-state index >= 15 is 0 Å². The first-order chi connectivity index (χ1) is 9.01. The maximum absolute atomic E-state index is 11.2. The molecule has 0 aliphatic carbocycles. The first-order valence-corrected chi connectivity index (χ1v) is 6.21. The van der Waals surface area contributed by atoms with E-state index in [4.69, 9.17) is 0 Å². The minimum Gasteiger partial charge on any atom is -0.480 e. The van der Waals surface area contributed by atoms with Gasteiger partial charge in [0.25, 0.3) is 0 Å². The van der Waals surface area contributed by atoms with E-state index in [2.05, 4.69) is 20.5 Å². The van der Waals surface area contributed by atoms with Crippen LogP contribution in [0.1, 0.15) is 26.1 Å². The van der Waals surface area contributed by atoms with Gasteiger partial charge in [-0.1, -0.05) is 20.3 Å². The molecule has 0 saturated heterocycles. The van der Waals surface area contributed by atoms with Gasteiger partial charge in [-0.15, -0.1) is 14.8 Å². The molecule has 7 nitrogen and oxygen atoms in total. The van der Waals surface area contributed by atoms with Crippen LogP contribution in [0.15, 0.2) is 12.1 Å². The average molecular weight is 263 g/mol. The van der Waals surface area contributed by atoms with E-state index in [1.54, 1.807) is 19.1 Å². The highest BCUT2D eigenvalue weighted by Crippen LogP contribution is 2.14. The normalized spacial score (nSPS) is 14.3. The third kappa shape index (κ3) is 2.81. The lowest BCUT2D eigenvalue weighted by Gasteiger charge is -2.20. The molecule has 0 aliphatic heterocycles. The van der Waals surface area contributed by atoms with Crippen LogP contribution < -0.4 is 5.32 Å². The van der Waals surface area contributed by atoms with Gasteiger partial charge in [0.1, 0.15) is 17.7 Å². The van der Waals surface area contributed by atoms with Crippen LogP contribution in [0.4, 0.5) is 5.82 Å². The highest BCUT2D eigenvalue weighted by molar-refractivity contribution is 5.77. The quantitative estimate of drug-likeness (QED) is 0.845. The predicted molar refractivity (Wildman–Crippen MR) is 70.0 cm³/mol. The summed E-state index contributed by atoms with van der Waals surface area (Å²) in [6, 6.07) is 2.80. The van der Waals surface area contributed by atoms with E-state index in [0.29, 0.717) is 17.3 Å². The molecule has 0 aromatic carbocycles. The molecule has 19 heavy (non-hydrogen) atoms. The van der Waals surface area contributed by atoms with Crippen LogP contribution in [-0.4, -0.2) is 36.9 Å². The second-order valence-electron chi connectivity index (χ2n) is 4.57. The number of fused-ring (bicyclic) bond motifs is 1. The number of carboxylic acid groups (broad SMARTS) is 1. The van der Waals surface area contributed by atoms with Crippen molar-refractivity contribution >= 4 is 17.4 Å². The zero-order valence-corrected chi connectivity index (χ0v) is 11.2. The van der Waals surface area contributed by atoms with Crippen molar-refractivity contribution in [3.63, 3.8) is 0 Å². The maximum atomic E-state index is 11.2. The zero-order valence-electron chi connectivity index (χ0n) is 11.2. The first kappa shape index (κ1) is 13.3. The molecule has 0 radical (unpaired) electrons. The fourth-order valence-electron chi connectivity index (χ4n) is 1.81. The number of hydrogen-bond acceptors (Lipinski definition) is 5. The smallest absolute Gasteiger partial charge is 0.326 e. The lowest BCUT2D eigenvalue weighted by molar-refractivity contribution is -0.139. The van der Waals surface area contributed by atoms with Crippen molar-refractivity contribution < 1.29 is 9.90 Å². The lowest BCUT2D eigenvalue weighted by atomic mass is 9.99. The predicted octanol–water partition coefficient (Wildman–Crippen LogP) is 1.34. The Morgan fingerprint density at radius 3 is 2.84 bits per heavy atom. The third-order valence-corrected chi connectivity index (χ3v) is 3.10. The molecular formula is C12H17N5O2. The lowest BCUT2D eigenvalue weighted by Crippen LogP contribution is -2.35. The molecule has 2 aromatic rings. The standard InChI is InChI=1S/C12H17N5O2/c1-4-7(2)11(12(18)19)14-9-5-6-10-13-8(3)15-17(10)16-9/h5-7,11H,4H2,1-3H3,(H,14,16)(H,18,19)/t7-,11-/m0/s1. The van der Waals surface area contributed by atoms with Gasteiger partial charge in [0.2, 0.25) is 0 Å². The molecule has 2 heterocycles. The molecule has 2 N–H and O–H groups in total. The Kier molecular flexibility index (Phi) is 3.64. The van der Waals surface area contributed by atoms with E-state index in [1.807, 2.05) is 13.8 Å². The molecule has 2 rings (SSSR count). The number of aliphatic carboxylic acids is 1. The Bertz CT molecular complexity index is 595. The number of aromatic nitrogens is 4. The fourth-order valence-corrected chi connectivity index (χ4v) is 1.81. The molecule has 2 aromatic heterocycles. The van der Waals surface area contributed by atoms with Gasteiger partial charge in [-0.2, -0.15) is 0 Å². The van der Waals surface area contributed by atoms with Gasteiger partial charge in [0, 0.05) is 0 Å². The van der Waals surface area contributed by atoms with Gasteiger partial charge >= 0.3 is 5.97 Å². The van der Waals surface area contributed by atoms with E-state index in [9.17, 15) is 9.90 Å². The summed E-state index contributed by atoms with van der Waals surface area (Å²) in [5.41, 5.74) is 0.637. The largest absolute Gasteiger partial charge is 0.480 e. The number of carbonyl (C=O) groups is 1. The molecule has 2 atom stereocenters. The van der Waals surface area contributed by atoms with Crippen LogP contribution in [0.25, 0.3) is 5.65 Å². The number of nitrogens with zero attached hydrogens (tertiary/aromatic N) is 4. The summed E-state index contributed by atoms with van der Waals surface area (Å²) in [6.07, 6.45) is 0.772. The van der Waals surface area contributed by atoms with Gasteiger partial charge in [-0.05, 0) is 25.0 Å². The molecule has 0 bridgehead atoms. The van der Waals surface area contributed by atoms with Crippen LogP contribution in [0, 0.1) is 12.8 Å². The zero-order chi connectivity index (χ0) is 14.0. The average Bonchev–Trinajstić information content (AvgIpc) is 2.73. The summed E-state index contributed by atoms with van der Waals surface area (Å²) in [4.78, 5) is 15.4. The molecule has 102 valence electrons. The monoisotopic (exact) mass is 263 g/mol. The van der Waals surface area contributed by atoms with Crippen molar-refractivity contribution in [3.8, 4) is 0 Å². The minimum absolute atomic E-state index is 0.00693. The van der Waals surface area contributed by atoms with E-state index in [-0.39, 0.29) is 5.92 Å². The number of rotatable bonds is 5. The molecule has 7 heteroatoms. The van der Waals surface area contributed by atoms with Crippen LogP contribution in [0.2, 0.25) is 0 Å². The Hall–Kier alpha value is -2.18. The Morgan fingerprint density at radius 1 is 1.47 bits per heavy atom. The topological polar surface area (TPSA) is 92.4 Å². The highest BCUT2D eigenvalue weighted by atomic mass is 16.4. The summed E-state index contributed by atoms with van der Waals surface area (Å²) in [5, 5.41) is 20.5. The molecule has 0 amide bonds. The van der Waals surface area contributed by atoms with Gasteiger partial charge in [-0.25, -0.2) is 9.78 Å². The molecule has 0 saturated carbocycles. The van der Waals surface area contributed by atoms with Crippen molar-refractivity contribution in [2.45, 2.75) is 33.2 Å². The van der Waals surface area contributed by atoms with Gasteiger partial charge in [0.05, 0.1) is 0 Å². The maximum Gasteiger partial charge on any atom is 0.326 e. The van der Waals surface area contributed by atoms with Crippen molar-refractivity contribution in [3.05, 3.63) is 18.0 Å². The number of aryl methyl sites for hydroxylation is 1. The Labute approximate surface area is 110 Å². The number of nitrogens with one attached hydrogen (secondary N) is 1. The van der Waals surface area contributed by atoms with Gasteiger partial charge < -0.3 is 10.4 Å². The summed E-state index contributed by atoms with van der Waals surface area (Å²) >= 11 is 0. The number of carboxylic acids is 1. The minimum atomic E-state index is -0.883. The van der Waals surface area contributed by atoms with Crippen molar-refractivity contribution in [1.29, 1.82) is 0 Å². The second-order valence-corrected chi connectivity index (χ2v) is 4.57. The van der Waals surface area contributed by atoms with E-state index in [0.717, 1.165) is 6.42 Å². The van der Waals surface area contributed by atoms with Crippen LogP contribution in [-0.2, 0) is 4.79 Å². The summed E-state index contributed by atoms with van der Waals surface area (Å²) < 4.78 is 1.40. The van der Waals surface area contributed by atoms with Crippen LogP contribution in [0.5, 0.6) is 0 Å². The SMILES string of the molecule is CC[C@H](C)[C@H](Nc1ccc2nc(C)nn2n1)C(=O)O. The molecule has 0 fully saturated rings. The first-order valence-electron chi connectivity index (χ1n) is 6.21. The van der Waals surface area contributed by atoms with Gasteiger partial charge in [0.15, 0.2) is 5.65 Å². The molecular weight excluding hydrogens is 246 g/mol. The van der Waals surface area contributed by atoms with Crippen molar-refractivity contribution in [2.24, 2.45) is 5.92 Å². The van der Waals surface area contributed by atoms with Gasteiger partial charge in [-0.3, -0.25) is 0 Å². The Balaban J connectivity index is 2.25. The highest BCUT2D eigenvalue weighted by Gasteiger charge is 2.23. The van der Waals surface area contributed by atoms with Crippen molar-refractivity contribution in [1.82, 2.24) is 19.8 Å². The molecule has 0 unspecified atom stereocenters. The van der Waals surface area contributed by atoms with Crippen LogP contribution >= 0.6 is 0 Å². The molecule has 0 spiro atoms. The van der Waals surface area contributed by atoms with Crippen LogP contribution in [0.3, 0.4) is 0 Å². The fraction of sp³-hybridized carbons (Fsp3) is 0.500. The number of anilines is 1. The van der Waals surface area contributed by atoms with Crippen molar-refractivity contribution in [2.75, 3.05) is 5.32 Å². The Morgan fingerprint density at radius 2 is 2.21 bits per heavy atom. The molecule has 0 aliphatic rings. The second kappa shape index (κ2) is 5.21.